The predicted molar refractivity (Wildman–Crippen MR) is 33.1 cm³/mol. The van der Waals surface area contributed by atoms with E-state index in [1.807, 2.05) is 0 Å². The van der Waals surface area contributed by atoms with Gasteiger partial charge in [-0.05, 0) is 0 Å². The lowest BCUT2D eigenvalue weighted by molar-refractivity contribution is -0.140. The molecule has 2 rings (SSSR count). The molecule has 0 bridgehead atoms. The number of fused-ring (bicyclic) bond motifs is 1. The monoisotopic (exact) mass is 145 g/mol. The first-order valence-electron chi connectivity index (χ1n) is 2.96. The highest BCUT2D eigenvalue weighted by Gasteiger charge is 2.44. The molecule has 0 aromatic heterocycles. The number of amides is 1. The summed E-state index contributed by atoms with van der Waals surface area (Å²) in [6.45, 7) is 0.718. The molecular weight excluding hydrogens is 138 g/mol. The Kier molecular flexibility index (Phi) is 0.939. The van der Waals surface area contributed by atoms with E-state index in [0.29, 0.717) is 12.2 Å². The van der Waals surface area contributed by atoms with Crippen LogP contribution in [0.5, 0.6) is 0 Å². The van der Waals surface area contributed by atoms with E-state index >= 15 is 0 Å². The van der Waals surface area contributed by atoms with E-state index in [4.69, 9.17) is 0 Å². The van der Waals surface area contributed by atoms with Gasteiger partial charge >= 0.3 is 0 Å². The first-order valence-corrected chi connectivity index (χ1v) is 4.34. The summed E-state index contributed by atoms with van der Waals surface area (Å²) in [6.07, 6.45) is 0.520. The quantitative estimate of drug-likeness (QED) is 0.423. The second-order valence-electron chi connectivity index (χ2n) is 2.33. The van der Waals surface area contributed by atoms with Gasteiger partial charge in [-0.2, -0.15) is 0 Å². The fourth-order valence-corrected chi connectivity index (χ4v) is 2.74. The lowest BCUT2D eigenvalue weighted by atomic mass is 10.2. The van der Waals surface area contributed by atoms with Gasteiger partial charge < -0.3 is 4.90 Å². The van der Waals surface area contributed by atoms with Gasteiger partial charge in [-0.25, -0.2) is 0 Å². The van der Waals surface area contributed by atoms with Gasteiger partial charge in [0.1, 0.15) is 5.37 Å². The van der Waals surface area contributed by atoms with E-state index in [1.165, 1.54) is 0 Å². The molecule has 1 unspecified atom stereocenters. The minimum atomic E-state index is -0.726. The van der Waals surface area contributed by atoms with Crippen molar-refractivity contribution in [1.29, 1.82) is 0 Å². The van der Waals surface area contributed by atoms with Crippen LogP contribution in [-0.2, 0) is 15.6 Å². The fourth-order valence-electron chi connectivity index (χ4n) is 1.25. The number of carbonyl (C=O) groups excluding carboxylic acids is 1. The van der Waals surface area contributed by atoms with Crippen molar-refractivity contribution in [3.05, 3.63) is 0 Å². The molecule has 4 heteroatoms. The van der Waals surface area contributed by atoms with Crippen LogP contribution in [0, 0.1) is 0 Å². The highest BCUT2D eigenvalue weighted by molar-refractivity contribution is 7.86. The van der Waals surface area contributed by atoms with Crippen molar-refractivity contribution >= 4 is 16.7 Å². The van der Waals surface area contributed by atoms with Gasteiger partial charge in [0.2, 0.25) is 5.91 Å². The third kappa shape index (κ3) is 0.566. The van der Waals surface area contributed by atoms with Crippen molar-refractivity contribution in [2.24, 2.45) is 0 Å². The molecule has 2 fully saturated rings. The summed E-state index contributed by atoms with van der Waals surface area (Å²) in [5.41, 5.74) is 0. The average molecular weight is 145 g/mol. The van der Waals surface area contributed by atoms with Crippen molar-refractivity contribution in [1.82, 2.24) is 4.90 Å². The zero-order chi connectivity index (χ0) is 6.43. The highest BCUT2D eigenvalue weighted by Crippen LogP contribution is 2.26. The van der Waals surface area contributed by atoms with Crippen LogP contribution in [0.25, 0.3) is 0 Å². The number of β-lactam (4-membered cyclic amide) rings is 1. The molecule has 0 spiro atoms. The molecule has 1 amide bonds. The molecule has 9 heavy (non-hydrogen) atoms. The lowest BCUT2D eigenvalue weighted by Gasteiger charge is -2.32. The maximum absolute atomic E-state index is 10.9. The summed E-state index contributed by atoms with van der Waals surface area (Å²) in [5.74, 6) is 0.863. The SMILES string of the molecule is O=C1C[C@@H]2N1CCS2=O. The topological polar surface area (TPSA) is 37.4 Å². The van der Waals surface area contributed by atoms with Gasteiger partial charge in [-0.1, -0.05) is 0 Å². The Morgan fingerprint density at radius 2 is 2.44 bits per heavy atom. The van der Waals surface area contributed by atoms with Gasteiger partial charge in [-0.3, -0.25) is 9.00 Å². The zero-order valence-corrected chi connectivity index (χ0v) is 5.69. The Hall–Kier alpha value is -0.380. The standard InChI is InChI=1S/C5H7NO2S/c7-4-3-5-6(4)1-2-9(5)8/h5H,1-3H2/t5-,9?/m1/s1. The Morgan fingerprint density at radius 3 is 2.89 bits per heavy atom. The Morgan fingerprint density at radius 1 is 1.67 bits per heavy atom. The molecule has 50 valence electrons. The van der Waals surface area contributed by atoms with Crippen molar-refractivity contribution in [2.75, 3.05) is 12.3 Å². The van der Waals surface area contributed by atoms with Crippen LogP contribution >= 0.6 is 0 Å². The molecule has 0 aromatic rings. The molecular formula is C5H7NO2S. The van der Waals surface area contributed by atoms with Gasteiger partial charge in [0.15, 0.2) is 0 Å². The number of hydrogen-bond acceptors (Lipinski definition) is 2. The predicted octanol–water partition coefficient (Wildman–Crippen LogP) is -0.693. The molecule has 3 nitrogen and oxygen atoms in total. The number of hydrogen-bond donors (Lipinski definition) is 0. The van der Waals surface area contributed by atoms with Crippen LogP contribution < -0.4 is 0 Å². The van der Waals surface area contributed by atoms with Crippen molar-refractivity contribution in [3.8, 4) is 0 Å². The maximum Gasteiger partial charge on any atom is 0.226 e. The number of nitrogens with zero attached hydrogens (tertiary/aromatic N) is 1. The van der Waals surface area contributed by atoms with Crippen molar-refractivity contribution in [2.45, 2.75) is 11.8 Å². The normalized spacial score (nSPS) is 40.4. The molecule has 0 saturated carbocycles. The molecule has 0 N–H and O–H groups in total. The molecule has 0 aromatic carbocycles. The van der Waals surface area contributed by atoms with E-state index < -0.39 is 10.8 Å². The highest BCUT2D eigenvalue weighted by atomic mass is 32.2. The maximum atomic E-state index is 10.9. The van der Waals surface area contributed by atoms with Gasteiger partial charge in [0, 0.05) is 23.1 Å². The van der Waals surface area contributed by atoms with E-state index in [9.17, 15) is 9.00 Å². The second-order valence-corrected chi connectivity index (χ2v) is 4.04. The lowest BCUT2D eigenvalue weighted by Crippen LogP contribution is -2.49. The molecule has 0 radical (unpaired) electrons. The van der Waals surface area contributed by atoms with Crippen LogP contribution in [0.15, 0.2) is 0 Å². The third-order valence-corrected chi connectivity index (χ3v) is 3.47. The van der Waals surface area contributed by atoms with Crippen LogP contribution in [0.4, 0.5) is 0 Å². The van der Waals surface area contributed by atoms with E-state index in [0.717, 1.165) is 6.54 Å². The fraction of sp³-hybridized carbons (Fsp3) is 0.800. The second kappa shape index (κ2) is 1.56. The molecule has 2 saturated heterocycles. The molecule has 2 aliphatic rings. The molecule has 2 aliphatic heterocycles. The third-order valence-electron chi connectivity index (χ3n) is 1.85. The van der Waals surface area contributed by atoms with Crippen LogP contribution in [0.3, 0.4) is 0 Å². The minimum Gasteiger partial charge on any atom is -0.327 e. The minimum absolute atomic E-state index is 0.0949. The first kappa shape index (κ1) is 5.41. The summed E-state index contributed by atoms with van der Waals surface area (Å²) in [5, 5.41) is 0.0949. The van der Waals surface area contributed by atoms with Gasteiger partial charge in [0.25, 0.3) is 0 Å². The average Bonchev–Trinajstić information content (AvgIpc) is 2.07. The van der Waals surface area contributed by atoms with Crippen molar-refractivity contribution < 1.29 is 9.00 Å². The summed E-state index contributed by atoms with van der Waals surface area (Å²) >= 11 is 0. The number of carbonyl (C=O) groups is 1. The van der Waals surface area contributed by atoms with E-state index in [2.05, 4.69) is 0 Å². The molecule has 0 aliphatic carbocycles. The van der Waals surface area contributed by atoms with E-state index in [-0.39, 0.29) is 11.3 Å². The van der Waals surface area contributed by atoms with Gasteiger partial charge in [-0.15, -0.1) is 0 Å². The Labute approximate surface area is 55.5 Å². The summed E-state index contributed by atoms with van der Waals surface area (Å²) in [7, 11) is -0.726. The first-order chi connectivity index (χ1) is 4.29. The molecule has 2 heterocycles. The zero-order valence-electron chi connectivity index (χ0n) is 4.87. The number of rotatable bonds is 0. The van der Waals surface area contributed by atoms with Crippen LogP contribution in [-0.4, -0.2) is 32.7 Å². The van der Waals surface area contributed by atoms with E-state index in [1.54, 1.807) is 4.90 Å². The largest absolute Gasteiger partial charge is 0.327 e. The van der Waals surface area contributed by atoms with Gasteiger partial charge in [0.05, 0.1) is 6.42 Å². The smallest absolute Gasteiger partial charge is 0.226 e. The summed E-state index contributed by atoms with van der Waals surface area (Å²) in [4.78, 5) is 12.4. The van der Waals surface area contributed by atoms with Crippen LogP contribution in [0.1, 0.15) is 6.42 Å². The van der Waals surface area contributed by atoms with Crippen molar-refractivity contribution in [3.63, 3.8) is 0 Å². The van der Waals surface area contributed by atoms with Crippen LogP contribution in [0.2, 0.25) is 0 Å². The Bertz CT molecular complexity index is 191. The Balaban J connectivity index is 2.20. The molecule has 2 atom stereocenters. The summed E-state index contributed by atoms with van der Waals surface area (Å²) in [6, 6.07) is 0. The summed E-state index contributed by atoms with van der Waals surface area (Å²) < 4.78 is 10.9.